The van der Waals surface area contributed by atoms with Gasteiger partial charge in [0.15, 0.2) is 0 Å². The Morgan fingerprint density at radius 1 is 1.18 bits per heavy atom. The Morgan fingerprint density at radius 3 is 2.76 bits per heavy atom. The molecule has 0 saturated carbocycles. The summed E-state index contributed by atoms with van der Waals surface area (Å²) in [5.41, 5.74) is 3.12. The summed E-state index contributed by atoms with van der Waals surface area (Å²) >= 11 is 6.14. The maximum atomic E-state index is 13.2. The van der Waals surface area contributed by atoms with Crippen molar-refractivity contribution in [2.45, 2.75) is 12.5 Å². The van der Waals surface area contributed by atoms with Crippen LogP contribution in [0.25, 0.3) is 0 Å². The van der Waals surface area contributed by atoms with E-state index in [4.69, 9.17) is 11.6 Å². The second-order valence-corrected chi connectivity index (χ2v) is 4.63. The second kappa shape index (κ2) is 4.04. The van der Waals surface area contributed by atoms with Crippen molar-refractivity contribution in [3.63, 3.8) is 0 Å². The van der Waals surface area contributed by atoms with Crippen LogP contribution in [-0.2, 0) is 6.42 Å². The van der Waals surface area contributed by atoms with Crippen molar-refractivity contribution in [3.05, 3.63) is 64.4 Å². The van der Waals surface area contributed by atoms with Gasteiger partial charge in [-0.1, -0.05) is 29.8 Å². The van der Waals surface area contributed by atoms with Crippen LogP contribution in [0.4, 0.5) is 10.1 Å². The summed E-state index contributed by atoms with van der Waals surface area (Å²) in [6.45, 7) is 0. The van der Waals surface area contributed by atoms with E-state index in [0.717, 1.165) is 28.3 Å². The monoisotopic (exact) mass is 247 g/mol. The van der Waals surface area contributed by atoms with E-state index in [1.54, 1.807) is 12.1 Å². The van der Waals surface area contributed by atoms with Gasteiger partial charge in [0.25, 0.3) is 0 Å². The molecule has 0 amide bonds. The Morgan fingerprint density at radius 2 is 2.00 bits per heavy atom. The Bertz CT molecular complexity index is 568. The molecule has 1 atom stereocenters. The molecule has 1 N–H and O–H groups in total. The fourth-order valence-corrected chi connectivity index (χ4v) is 2.52. The first-order chi connectivity index (χ1) is 8.24. The third kappa shape index (κ3) is 1.89. The average molecular weight is 248 g/mol. The smallest absolute Gasteiger partial charge is 0.123 e. The van der Waals surface area contributed by atoms with Gasteiger partial charge < -0.3 is 5.32 Å². The fraction of sp³-hybridized carbons (Fsp3) is 0.143. The number of nitrogens with one attached hydrogen (secondary N) is 1. The van der Waals surface area contributed by atoms with Crippen molar-refractivity contribution in [1.82, 2.24) is 0 Å². The predicted octanol–water partition coefficient (Wildman–Crippen LogP) is 4.19. The van der Waals surface area contributed by atoms with Crippen LogP contribution in [0, 0.1) is 5.82 Å². The van der Waals surface area contributed by atoms with Crippen molar-refractivity contribution < 1.29 is 4.39 Å². The highest BCUT2D eigenvalue weighted by atomic mass is 35.5. The lowest BCUT2D eigenvalue weighted by Gasteiger charge is -2.11. The van der Waals surface area contributed by atoms with Crippen molar-refractivity contribution in [2.24, 2.45) is 0 Å². The Kier molecular flexibility index (Phi) is 2.52. The molecule has 1 heterocycles. The molecule has 0 fully saturated rings. The molecule has 0 saturated heterocycles. The van der Waals surface area contributed by atoms with Gasteiger partial charge >= 0.3 is 0 Å². The van der Waals surface area contributed by atoms with Gasteiger partial charge in [-0.25, -0.2) is 4.39 Å². The van der Waals surface area contributed by atoms with Gasteiger partial charge in [-0.05, 0) is 35.4 Å². The maximum absolute atomic E-state index is 13.2. The first kappa shape index (κ1) is 10.6. The van der Waals surface area contributed by atoms with Gasteiger partial charge in [0.05, 0.1) is 6.04 Å². The molecular weight excluding hydrogens is 237 g/mol. The third-order valence-electron chi connectivity index (χ3n) is 3.11. The molecule has 2 aromatic carbocycles. The van der Waals surface area contributed by atoms with Crippen molar-refractivity contribution in [3.8, 4) is 0 Å². The van der Waals surface area contributed by atoms with Crippen LogP contribution < -0.4 is 5.32 Å². The van der Waals surface area contributed by atoms with E-state index in [1.807, 2.05) is 24.3 Å². The Hall–Kier alpha value is -1.54. The fourth-order valence-electron chi connectivity index (χ4n) is 2.27. The number of hydrogen-bond donors (Lipinski definition) is 1. The molecule has 1 aliphatic rings. The van der Waals surface area contributed by atoms with Crippen LogP contribution in [0.3, 0.4) is 0 Å². The van der Waals surface area contributed by atoms with Crippen molar-refractivity contribution in [2.75, 3.05) is 5.32 Å². The number of rotatable bonds is 1. The second-order valence-electron chi connectivity index (χ2n) is 4.22. The average Bonchev–Trinajstić information content (AvgIpc) is 2.74. The largest absolute Gasteiger partial charge is 0.378 e. The van der Waals surface area contributed by atoms with E-state index >= 15 is 0 Å². The molecule has 0 radical (unpaired) electrons. The van der Waals surface area contributed by atoms with E-state index in [2.05, 4.69) is 5.32 Å². The molecule has 0 bridgehead atoms. The molecule has 1 unspecified atom stereocenters. The van der Waals surface area contributed by atoms with Gasteiger partial charge in [0.2, 0.25) is 0 Å². The van der Waals surface area contributed by atoms with E-state index < -0.39 is 0 Å². The SMILES string of the molecule is Fc1cccc(C2Cc3c(Cl)cccc3N2)c1. The molecule has 2 aromatic rings. The van der Waals surface area contributed by atoms with Crippen LogP contribution in [0.15, 0.2) is 42.5 Å². The normalized spacial score (nSPS) is 17.6. The zero-order chi connectivity index (χ0) is 11.8. The molecule has 0 spiro atoms. The number of anilines is 1. The van der Waals surface area contributed by atoms with E-state index in [9.17, 15) is 4.39 Å². The van der Waals surface area contributed by atoms with Crippen LogP contribution in [0.5, 0.6) is 0 Å². The molecule has 0 aromatic heterocycles. The summed E-state index contributed by atoms with van der Waals surface area (Å²) in [7, 11) is 0. The van der Waals surface area contributed by atoms with Gasteiger partial charge in [0.1, 0.15) is 5.82 Å². The number of benzene rings is 2. The standard InChI is InChI=1S/C14H11ClFN/c15-12-5-2-6-13-11(12)8-14(17-13)9-3-1-4-10(16)7-9/h1-7,14,17H,8H2. The summed E-state index contributed by atoms with van der Waals surface area (Å²) in [6, 6.07) is 12.6. The lowest BCUT2D eigenvalue weighted by Crippen LogP contribution is -2.05. The Labute approximate surface area is 104 Å². The highest BCUT2D eigenvalue weighted by Gasteiger charge is 2.23. The summed E-state index contributed by atoms with van der Waals surface area (Å²) in [4.78, 5) is 0. The van der Waals surface area contributed by atoms with Crippen molar-refractivity contribution in [1.29, 1.82) is 0 Å². The zero-order valence-corrected chi connectivity index (χ0v) is 9.84. The van der Waals surface area contributed by atoms with Crippen LogP contribution in [0.1, 0.15) is 17.2 Å². The maximum Gasteiger partial charge on any atom is 0.123 e. The number of fused-ring (bicyclic) bond motifs is 1. The summed E-state index contributed by atoms with van der Waals surface area (Å²) < 4.78 is 13.2. The van der Waals surface area contributed by atoms with Gasteiger partial charge in [-0.15, -0.1) is 0 Å². The summed E-state index contributed by atoms with van der Waals surface area (Å²) in [6.07, 6.45) is 0.804. The Balaban J connectivity index is 1.94. The molecular formula is C14H11ClFN. The van der Waals surface area contributed by atoms with Crippen LogP contribution in [-0.4, -0.2) is 0 Å². The lowest BCUT2D eigenvalue weighted by atomic mass is 10.0. The quantitative estimate of drug-likeness (QED) is 0.797. The topological polar surface area (TPSA) is 12.0 Å². The highest BCUT2D eigenvalue weighted by Crippen LogP contribution is 2.37. The molecule has 0 aliphatic carbocycles. The molecule has 86 valence electrons. The van der Waals surface area contributed by atoms with Crippen molar-refractivity contribution >= 4 is 17.3 Å². The van der Waals surface area contributed by atoms with E-state index in [1.165, 1.54) is 6.07 Å². The van der Waals surface area contributed by atoms with Crippen LogP contribution >= 0.6 is 11.6 Å². The minimum Gasteiger partial charge on any atom is -0.378 e. The van der Waals surface area contributed by atoms with Gasteiger partial charge in [-0.3, -0.25) is 0 Å². The van der Waals surface area contributed by atoms with E-state index in [0.29, 0.717) is 0 Å². The highest BCUT2D eigenvalue weighted by molar-refractivity contribution is 6.31. The molecule has 1 nitrogen and oxygen atoms in total. The van der Waals surface area contributed by atoms with Gasteiger partial charge in [-0.2, -0.15) is 0 Å². The first-order valence-electron chi connectivity index (χ1n) is 5.53. The zero-order valence-electron chi connectivity index (χ0n) is 9.08. The minimum absolute atomic E-state index is 0.112. The lowest BCUT2D eigenvalue weighted by molar-refractivity contribution is 0.623. The first-order valence-corrected chi connectivity index (χ1v) is 5.91. The molecule has 17 heavy (non-hydrogen) atoms. The van der Waals surface area contributed by atoms with Gasteiger partial charge in [0, 0.05) is 17.1 Å². The predicted molar refractivity (Wildman–Crippen MR) is 67.9 cm³/mol. The number of halogens is 2. The molecule has 3 heteroatoms. The minimum atomic E-state index is -0.202. The third-order valence-corrected chi connectivity index (χ3v) is 3.46. The number of hydrogen-bond acceptors (Lipinski definition) is 1. The molecule has 1 aliphatic heterocycles. The van der Waals surface area contributed by atoms with Crippen LogP contribution in [0.2, 0.25) is 5.02 Å². The summed E-state index contributed by atoms with van der Waals surface area (Å²) in [5.74, 6) is -0.202. The summed E-state index contributed by atoms with van der Waals surface area (Å²) in [5, 5.41) is 4.14. The molecule has 3 rings (SSSR count). The van der Waals surface area contributed by atoms with E-state index in [-0.39, 0.29) is 11.9 Å².